The van der Waals surface area contributed by atoms with Gasteiger partial charge in [-0.05, 0) is 42.8 Å². The minimum Gasteiger partial charge on any atom is -0.489 e. The van der Waals surface area contributed by atoms with Crippen LogP contribution in [0.5, 0.6) is 5.75 Å². The highest BCUT2D eigenvalue weighted by molar-refractivity contribution is 5.96. The minimum absolute atomic E-state index is 0.115. The van der Waals surface area contributed by atoms with E-state index < -0.39 is 0 Å². The normalized spacial score (nSPS) is 9.96. The molecule has 27 heavy (non-hydrogen) atoms. The highest BCUT2D eigenvalue weighted by Gasteiger charge is 2.06. The third-order valence-electron chi connectivity index (χ3n) is 3.62. The third kappa shape index (κ3) is 6.86. The number of rotatable bonds is 10. The maximum Gasteiger partial charge on any atom is 0.251 e. The first-order valence-electron chi connectivity index (χ1n) is 8.88. The van der Waals surface area contributed by atoms with Crippen LogP contribution in [0.4, 0.5) is 11.4 Å². The Labute approximate surface area is 159 Å². The van der Waals surface area contributed by atoms with E-state index in [-0.39, 0.29) is 18.4 Å². The fourth-order valence-electron chi connectivity index (χ4n) is 2.28. The molecule has 142 valence electrons. The summed E-state index contributed by atoms with van der Waals surface area (Å²) in [5.74, 6) is 0.405. The Morgan fingerprint density at radius 2 is 1.89 bits per heavy atom. The molecule has 0 unspecified atom stereocenters. The van der Waals surface area contributed by atoms with Gasteiger partial charge in [-0.15, -0.1) is 0 Å². The number of amides is 2. The molecular formula is C21H25N3O3. The number of anilines is 2. The average molecular weight is 367 g/mol. The van der Waals surface area contributed by atoms with Gasteiger partial charge in [-0.1, -0.05) is 25.6 Å². The molecule has 2 aromatic rings. The molecule has 2 aromatic carbocycles. The first-order chi connectivity index (χ1) is 13.1. The van der Waals surface area contributed by atoms with Crippen LogP contribution < -0.4 is 20.7 Å². The minimum atomic E-state index is -0.185. The van der Waals surface area contributed by atoms with Crippen molar-refractivity contribution in [3.63, 3.8) is 0 Å². The molecule has 0 saturated carbocycles. The molecule has 0 spiro atoms. The topological polar surface area (TPSA) is 79.5 Å². The molecule has 0 heterocycles. The van der Waals surface area contributed by atoms with Crippen LogP contribution in [0, 0.1) is 0 Å². The van der Waals surface area contributed by atoms with Crippen LogP contribution in [0.1, 0.15) is 23.7 Å². The van der Waals surface area contributed by atoms with E-state index in [9.17, 15) is 9.59 Å². The van der Waals surface area contributed by atoms with Crippen molar-refractivity contribution in [1.82, 2.24) is 5.32 Å². The van der Waals surface area contributed by atoms with Gasteiger partial charge < -0.3 is 20.7 Å². The van der Waals surface area contributed by atoms with Crippen LogP contribution in [0.15, 0.2) is 61.2 Å². The standard InChI is InChI=1S/C21H25N3O3/c1-3-12-22-21(26)16-8-10-17(11-9-16)24-20(25)15-23-18-6-5-7-19(14-18)27-13-4-2/h4-11,14,23H,2-3,12-13,15H2,1H3,(H,22,26)(H,24,25). The van der Waals surface area contributed by atoms with Crippen LogP contribution in [0.2, 0.25) is 0 Å². The van der Waals surface area contributed by atoms with Crippen molar-refractivity contribution in [2.24, 2.45) is 0 Å². The molecule has 0 fully saturated rings. The van der Waals surface area contributed by atoms with E-state index >= 15 is 0 Å². The Bertz CT molecular complexity index is 772. The zero-order valence-corrected chi connectivity index (χ0v) is 15.5. The van der Waals surface area contributed by atoms with Crippen molar-refractivity contribution < 1.29 is 14.3 Å². The summed E-state index contributed by atoms with van der Waals surface area (Å²) in [5.41, 5.74) is 1.99. The van der Waals surface area contributed by atoms with Gasteiger partial charge in [0.1, 0.15) is 12.4 Å². The summed E-state index contributed by atoms with van der Waals surface area (Å²) in [7, 11) is 0. The van der Waals surface area contributed by atoms with Gasteiger partial charge in [0.15, 0.2) is 0 Å². The molecule has 2 rings (SSSR count). The Balaban J connectivity index is 1.83. The van der Waals surface area contributed by atoms with Gasteiger partial charge in [-0.25, -0.2) is 0 Å². The van der Waals surface area contributed by atoms with Gasteiger partial charge in [0.25, 0.3) is 5.91 Å². The maximum absolute atomic E-state index is 12.1. The summed E-state index contributed by atoms with van der Waals surface area (Å²) < 4.78 is 5.46. The number of hydrogen-bond acceptors (Lipinski definition) is 4. The quantitative estimate of drug-likeness (QED) is 0.562. The first kappa shape index (κ1) is 20.0. The van der Waals surface area contributed by atoms with E-state index in [1.54, 1.807) is 30.3 Å². The molecule has 0 bridgehead atoms. The molecule has 6 nitrogen and oxygen atoms in total. The van der Waals surface area contributed by atoms with Crippen LogP contribution in [0.25, 0.3) is 0 Å². The molecule has 0 atom stereocenters. The monoisotopic (exact) mass is 367 g/mol. The molecule has 3 N–H and O–H groups in total. The molecule has 0 aliphatic heterocycles. The van der Waals surface area contributed by atoms with Gasteiger partial charge in [0, 0.05) is 29.5 Å². The predicted octanol–water partition coefficient (Wildman–Crippen LogP) is 3.44. The van der Waals surface area contributed by atoms with E-state index in [4.69, 9.17) is 4.74 Å². The second-order valence-corrected chi connectivity index (χ2v) is 5.86. The summed E-state index contributed by atoms with van der Waals surface area (Å²) in [6.07, 6.45) is 2.56. The Morgan fingerprint density at radius 3 is 2.59 bits per heavy atom. The third-order valence-corrected chi connectivity index (χ3v) is 3.62. The van der Waals surface area contributed by atoms with Crippen molar-refractivity contribution in [2.75, 3.05) is 30.3 Å². The van der Waals surface area contributed by atoms with Gasteiger partial charge in [-0.2, -0.15) is 0 Å². The molecule has 0 aliphatic carbocycles. The first-order valence-corrected chi connectivity index (χ1v) is 8.88. The van der Waals surface area contributed by atoms with E-state index in [1.807, 2.05) is 31.2 Å². The van der Waals surface area contributed by atoms with Crippen LogP contribution in [-0.4, -0.2) is 31.5 Å². The van der Waals surface area contributed by atoms with Crippen molar-refractivity contribution in [3.05, 3.63) is 66.7 Å². The molecule has 0 radical (unpaired) electrons. The molecule has 6 heteroatoms. The Morgan fingerprint density at radius 1 is 1.11 bits per heavy atom. The fourth-order valence-corrected chi connectivity index (χ4v) is 2.28. The second-order valence-electron chi connectivity index (χ2n) is 5.86. The SMILES string of the molecule is C=CCOc1cccc(NCC(=O)Nc2ccc(C(=O)NCCC)cc2)c1. The average Bonchev–Trinajstić information content (AvgIpc) is 2.70. The molecule has 0 aliphatic rings. The zero-order valence-electron chi connectivity index (χ0n) is 15.5. The molecule has 0 saturated heterocycles. The lowest BCUT2D eigenvalue weighted by atomic mass is 10.2. The highest BCUT2D eigenvalue weighted by Crippen LogP contribution is 2.17. The Kier molecular flexibility index (Phi) is 7.91. The lowest BCUT2D eigenvalue weighted by Gasteiger charge is -2.10. The largest absolute Gasteiger partial charge is 0.489 e. The number of nitrogens with one attached hydrogen (secondary N) is 3. The van der Waals surface area contributed by atoms with Gasteiger partial charge in [0.05, 0.1) is 6.54 Å². The van der Waals surface area contributed by atoms with E-state index in [1.165, 1.54) is 0 Å². The smallest absolute Gasteiger partial charge is 0.251 e. The molecule has 0 aromatic heterocycles. The van der Waals surface area contributed by atoms with Crippen LogP contribution in [0.3, 0.4) is 0 Å². The van der Waals surface area contributed by atoms with E-state index in [2.05, 4.69) is 22.5 Å². The van der Waals surface area contributed by atoms with Gasteiger partial charge in [0.2, 0.25) is 5.91 Å². The zero-order chi connectivity index (χ0) is 19.5. The summed E-state index contributed by atoms with van der Waals surface area (Å²) >= 11 is 0. The number of hydrogen-bond donors (Lipinski definition) is 3. The predicted molar refractivity (Wildman–Crippen MR) is 108 cm³/mol. The van der Waals surface area contributed by atoms with E-state index in [0.29, 0.717) is 30.2 Å². The summed E-state index contributed by atoms with van der Waals surface area (Å²) in [5, 5.41) is 8.66. The van der Waals surface area contributed by atoms with E-state index in [0.717, 1.165) is 12.1 Å². The number of ether oxygens (including phenoxy) is 1. The van der Waals surface area contributed by atoms with Crippen molar-refractivity contribution in [1.29, 1.82) is 0 Å². The Hall–Kier alpha value is -3.28. The maximum atomic E-state index is 12.1. The highest BCUT2D eigenvalue weighted by atomic mass is 16.5. The summed E-state index contributed by atoms with van der Waals surface area (Å²) in [6, 6.07) is 14.2. The number of benzene rings is 2. The van der Waals surface area contributed by atoms with Crippen LogP contribution >= 0.6 is 0 Å². The summed E-state index contributed by atoms with van der Waals surface area (Å²) in [6.45, 7) is 6.79. The second kappa shape index (κ2) is 10.7. The summed E-state index contributed by atoms with van der Waals surface area (Å²) in [4.78, 5) is 24.0. The van der Waals surface area contributed by atoms with Gasteiger partial charge in [-0.3, -0.25) is 9.59 Å². The van der Waals surface area contributed by atoms with Gasteiger partial charge >= 0.3 is 0 Å². The number of carbonyl (C=O) groups is 2. The fraction of sp³-hybridized carbons (Fsp3) is 0.238. The van der Waals surface area contributed by atoms with Crippen molar-refractivity contribution in [2.45, 2.75) is 13.3 Å². The van der Waals surface area contributed by atoms with Crippen molar-refractivity contribution in [3.8, 4) is 5.75 Å². The molecule has 2 amide bonds. The number of carbonyl (C=O) groups excluding carboxylic acids is 2. The van der Waals surface area contributed by atoms with Crippen molar-refractivity contribution >= 4 is 23.2 Å². The molecular weight excluding hydrogens is 342 g/mol. The lowest BCUT2D eigenvalue weighted by Crippen LogP contribution is -2.24. The van der Waals surface area contributed by atoms with Crippen LogP contribution in [-0.2, 0) is 4.79 Å². The lowest BCUT2D eigenvalue weighted by molar-refractivity contribution is -0.114.